The van der Waals surface area contributed by atoms with Crippen molar-refractivity contribution in [2.24, 2.45) is 0 Å². The van der Waals surface area contributed by atoms with Crippen LogP contribution in [0.3, 0.4) is 0 Å². The molecule has 0 aliphatic rings. The van der Waals surface area contributed by atoms with Crippen LogP contribution in [0, 0.1) is 10.1 Å². The molecule has 0 aromatic heterocycles. The fourth-order valence-electron chi connectivity index (χ4n) is 2.06. The van der Waals surface area contributed by atoms with Crippen LogP contribution in [0.5, 0.6) is 0 Å². The minimum atomic E-state index is -0.354. The SMILES string of the molecule is CCCC(C)(CC)c1ccc([N+](=O)[O-])cc1. The summed E-state index contributed by atoms with van der Waals surface area (Å²) in [6, 6.07) is 6.96. The molecule has 1 unspecified atom stereocenters. The van der Waals surface area contributed by atoms with E-state index < -0.39 is 0 Å². The van der Waals surface area contributed by atoms with Crippen molar-refractivity contribution in [3.8, 4) is 0 Å². The molecule has 88 valence electrons. The lowest BCUT2D eigenvalue weighted by Gasteiger charge is -2.28. The predicted octanol–water partition coefficient (Wildman–Crippen LogP) is 4.06. The average molecular weight is 221 g/mol. The average Bonchev–Trinajstić information content (AvgIpc) is 2.29. The van der Waals surface area contributed by atoms with Gasteiger partial charge in [-0.25, -0.2) is 0 Å². The summed E-state index contributed by atoms with van der Waals surface area (Å²) in [4.78, 5) is 10.2. The second-order valence-electron chi connectivity index (χ2n) is 4.47. The van der Waals surface area contributed by atoms with Crippen LogP contribution in [0.25, 0.3) is 0 Å². The van der Waals surface area contributed by atoms with E-state index in [1.807, 2.05) is 12.1 Å². The van der Waals surface area contributed by atoms with E-state index in [4.69, 9.17) is 0 Å². The van der Waals surface area contributed by atoms with Gasteiger partial charge in [0, 0.05) is 12.1 Å². The van der Waals surface area contributed by atoms with Crippen molar-refractivity contribution in [3.05, 3.63) is 39.9 Å². The van der Waals surface area contributed by atoms with E-state index in [0.29, 0.717) is 0 Å². The van der Waals surface area contributed by atoms with E-state index in [1.54, 1.807) is 12.1 Å². The van der Waals surface area contributed by atoms with Gasteiger partial charge in [0.25, 0.3) is 5.69 Å². The summed E-state index contributed by atoms with van der Waals surface area (Å²) in [6.07, 6.45) is 3.29. The van der Waals surface area contributed by atoms with Crippen molar-refractivity contribution in [3.63, 3.8) is 0 Å². The molecule has 3 heteroatoms. The molecule has 0 saturated heterocycles. The van der Waals surface area contributed by atoms with Gasteiger partial charge < -0.3 is 0 Å². The largest absolute Gasteiger partial charge is 0.269 e. The highest BCUT2D eigenvalue weighted by atomic mass is 16.6. The minimum absolute atomic E-state index is 0.143. The Bertz CT molecular complexity index is 359. The van der Waals surface area contributed by atoms with Crippen LogP contribution in [-0.4, -0.2) is 4.92 Å². The summed E-state index contributed by atoms with van der Waals surface area (Å²) in [5.74, 6) is 0. The third-order valence-electron chi connectivity index (χ3n) is 3.36. The molecule has 1 aromatic rings. The molecule has 0 fully saturated rings. The summed E-state index contributed by atoms with van der Waals surface area (Å²) in [5.41, 5.74) is 1.50. The van der Waals surface area contributed by atoms with E-state index in [2.05, 4.69) is 20.8 Å². The van der Waals surface area contributed by atoms with Crippen LogP contribution in [0.4, 0.5) is 5.69 Å². The molecule has 0 saturated carbocycles. The van der Waals surface area contributed by atoms with Crippen LogP contribution in [0.15, 0.2) is 24.3 Å². The standard InChI is InChI=1S/C13H19NO2/c1-4-10-13(3,5-2)11-6-8-12(9-7-11)14(15)16/h6-9H,4-5,10H2,1-3H3. The van der Waals surface area contributed by atoms with Crippen LogP contribution in [0.2, 0.25) is 0 Å². The van der Waals surface area contributed by atoms with Crippen LogP contribution >= 0.6 is 0 Å². The number of nitrogens with zero attached hydrogens (tertiary/aromatic N) is 1. The van der Waals surface area contributed by atoms with Crippen LogP contribution in [0.1, 0.15) is 45.6 Å². The van der Waals surface area contributed by atoms with E-state index in [0.717, 1.165) is 19.3 Å². The second-order valence-corrected chi connectivity index (χ2v) is 4.47. The van der Waals surface area contributed by atoms with Crippen LogP contribution in [-0.2, 0) is 5.41 Å². The molecule has 0 amide bonds. The lowest BCUT2D eigenvalue weighted by atomic mass is 9.76. The van der Waals surface area contributed by atoms with Gasteiger partial charge in [-0.15, -0.1) is 0 Å². The van der Waals surface area contributed by atoms with Crippen molar-refractivity contribution >= 4 is 5.69 Å². The van der Waals surface area contributed by atoms with Crippen molar-refractivity contribution < 1.29 is 4.92 Å². The Hall–Kier alpha value is -1.38. The van der Waals surface area contributed by atoms with Gasteiger partial charge in [-0.05, 0) is 23.8 Å². The molecule has 0 N–H and O–H groups in total. The Balaban J connectivity index is 2.99. The maximum absolute atomic E-state index is 10.6. The third kappa shape index (κ3) is 2.60. The fourth-order valence-corrected chi connectivity index (χ4v) is 2.06. The smallest absolute Gasteiger partial charge is 0.258 e. The van der Waals surface area contributed by atoms with E-state index in [1.165, 1.54) is 5.56 Å². The molecular formula is C13H19NO2. The quantitative estimate of drug-likeness (QED) is 0.555. The molecule has 16 heavy (non-hydrogen) atoms. The Kier molecular flexibility index (Phi) is 4.05. The lowest BCUT2D eigenvalue weighted by molar-refractivity contribution is -0.384. The zero-order chi connectivity index (χ0) is 12.2. The first kappa shape index (κ1) is 12.7. The molecule has 0 aliphatic carbocycles. The molecule has 3 nitrogen and oxygen atoms in total. The molecule has 1 rings (SSSR count). The third-order valence-corrected chi connectivity index (χ3v) is 3.36. The van der Waals surface area contributed by atoms with E-state index in [-0.39, 0.29) is 16.0 Å². The normalized spacial score (nSPS) is 14.4. The lowest BCUT2D eigenvalue weighted by Crippen LogP contribution is -2.20. The number of nitro benzene ring substituents is 1. The predicted molar refractivity (Wildman–Crippen MR) is 65.6 cm³/mol. The number of benzene rings is 1. The molecule has 0 spiro atoms. The number of non-ortho nitro benzene ring substituents is 1. The van der Waals surface area contributed by atoms with Crippen molar-refractivity contribution in [1.82, 2.24) is 0 Å². The van der Waals surface area contributed by atoms with Gasteiger partial charge in [-0.1, -0.05) is 39.3 Å². The summed E-state index contributed by atoms with van der Waals surface area (Å²) in [5, 5.41) is 10.6. The molecule has 0 radical (unpaired) electrons. The van der Waals surface area contributed by atoms with Crippen LogP contribution < -0.4 is 0 Å². The maximum Gasteiger partial charge on any atom is 0.269 e. The van der Waals surface area contributed by atoms with Gasteiger partial charge >= 0.3 is 0 Å². The first-order chi connectivity index (χ1) is 7.53. The zero-order valence-electron chi connectivity index (χ0n) is 10.2. The van der Waals surface area contributed by atoms with Gasteiger partial charge in [0.05, 0.1) is 4.92 Å². The van der Waals surface area contributed by atoms with Crippen molar-refractivity contribution in [2.75, 3.05) is 0 Å². The Labute approximate surface area is 96.6 Å². The van der Waals surface area contributed by atoms with Gasteiger partial charge in [0.1, 0.15) is 0 Å². The highest BCUT2D eigenvalue weighted by molar-refractivity contribution is 5.36. The number of rotatable bonds is 5. The Morgan fingerprint density at radius 3 is 2.19 bits per heavy atom. The molecule has 0 heterocycles. The second kappa shape index (κ2) is 5.10. The minimum Gasteiger partial charge on any atom is -0.258 e. The first-order valence-corrected chi connectivity index (χ1v) is 5.78. The Morgan fingerprint density at radius 2 is 1.81 bits per heavy atom. The summed E-state index contributed by atoms with van der Waals surface area (Å²) in [7, 11) is 0. The first-order valence-electron chi connectivity index (χ1n) is 5.78. The highest BCUT2D eigenvalue weighted by Crippen LogP contribution is 2.33. The van der Waals surface area contributed by atoms with Gasteiger partial charge in [0.2, 0.25) is 0 Å². The molecule has 0 bridgehead atoms. The fraction of sp³-hybridized carbons (Fsp3) is 0.538. The molecular weight excluding hydrogens is 202 g/mol. The number of hydrogen-bond donors (Lipinski definition) is 0. The van der Waals surface area contributed by atoms with Gasteiger partial charge in [-0.2, -0.15) is 0 Å². The van der Waals surface area contributed by atoms with Gasteiger partial charge in [-0.3, -0.25) is 10.1 Å². The number of nitro groups is 1. The molecule has 0 aliphatic heterocycles. The van der Waals surface area contributed by atoms with Crippen molar-refractivity contribution in [2.45, 2.75) is 45.4 Å². The Morgan fingerprint density at radius 1 is 1.25 bits per heavy atom. The topological polar surface area (TPSA) is 43.1 Å². The van der Waals surface area contributed by atoms with Gasteiger partial charge in [0.15, 0.2) is 0 Å². The zero-order valence-corrected chi connectivity index (χ0v) is 10.2. The summed E-state index contributed by atoms with van der Waals surface area (Å²) in [6.45, 7) is 6.55. The van der Waals surface area contributed by atoms with Crippen molar-refractivity contribution in [1.29, 1.82) is 0 Å². The summed E-state index contributed by atoms with van der Waals surface area (Å²) < 4.78 is 0. The highest BCUT2D eigenvalue weighted by Gasteiger charge is 2.23. The number of hydrogen-bond acceptors (Lipinski definition) is 2. The molecule has 1 atom stereocenters. The molecule has 1 aromatic carbocycles. The monoisotopic (exact) mass is 221 g/mol. The maximum atomic E-state index is 10.6. The van der Waals surface area contributed by atoms with E-state index in [9.17, 15) is 10.1 Å². The summed E-state index contributed by atoms with van der Waals surface area (Å²) >= 11 is 0. The van der Waals surface area contributed by atoms with E-state index >= 15 is 0 Å².